The molecule has 0 spiro atoms. The zero-order valence-electron chi connectivity index (χ0n) is 36.4. The minimum Gasteiger partial charge on any atom is -0.481 e. The van der Waals surface area contributed by atoms with E-state index >= 15 is 0 Å². The maximum absolute atomic E-state index is 13.9. The number of guanidine groups is 1. The summed E-state index contributed by atoms with van der Waals surface area (Å²) in [7, 11) is 4.29. The van der Waals surface area contributed by atoms with Crippen LogP contribution in [0.5, 0.6) is 0 Å². The van der Waals surface area contributed by atoms with Gasteiger partial charge in [0.1, 0.15) is 35.6 Å². The molecule has 0 saturated carbocycles. The molecule has 0 radical (unpaired) electrons. The molecule has 1 aromatic rings. The van der Waals surface area contributed by atoms with Gasteiger partial charge in [0.15, 0.2) is 11.7 Å². The Morgan fingerprint density at radius 1 is 0.738 bits per heavy atom. The van der Waals surface area contributed by atoms with Gasteiger partial charge in [-0.05, 0) is 64.4 Å². The lowest BCUT2D eigenvalue weighted by Gasteiger charge is -2.26. The van der Waals surface area contributed by atoms with E-state index in [1.54, 1.807) is 43.6 Å². The average molecular weight is 969 g/mol. The molecule has 1 fully saturated rings. The summed E-state index contributed by atoms with van der Waals surface area (Å²) < 4.78 is 0. The van der Waals surface area contributed by atoms with Crippen molar-refractivity contribution in [1.82, 2.24) is 53.2 Å². The van der Waals surface area contributed by atoms with Gasteiger partial charge >= 0.3 is 5.97 Å². The minimum atomic E-state index is -1.73. The molecule has 0 aliphatic carbocycles. The standard InChI is InChI=1S/C39H60N12O11S3/c1-22(52)38-51-36(61)26(16-23-10-5-4-6-11-23)47-29(53)19-45-34(59)27(17-32(56)57)48-30(54)18-44-33(58)24(13-9-15-43-39(40)41)49-37(62)28(20-65-63-3)50-35(60)25(12-7-8-14-42-2)46-31(55)21-64-38/h4-6,10-11,24-28,38,42H,7-9,12-21H2,1-3H3,(H,44,58)(H,45,59)(H,46,55)(H,47,53)(H,48,54)(H,49,62)(H,50,60)(H,51,61)(H,56,57)(H4,40,41,43)/t24-,25-,26-,27-,28-,38?/m0/s1. The van der Waals surface area contributed by atoms with Gasteiger partial charge in [-0.25, -0.2) is 0 Å². The number of carboxylic acid groups (broad SMARTS) is 1. The number of benzene rings is 1. The zero-order chi connectivity index (χ0) is 48.3. The van der Waals surface area contributed by atoms with Gasteiger partial charge in [-0.2, -0.15) is 0 Å². The van der Waals surface area contributed by atoms with Crippen molar-refractivity contribution in [2.75, 3.05) is 51.0 Å². The summed E-state index contributed by atoms with van der Waals surface area (Å²) in [5, 5.41) is 41.0. The summed E-state index contributed by atoms with van der Waals surface area (Å²) in [5.41, 5.74) is 5.99. The molecule has 1 heterocycles. The van der Waals surface area contributed by atoms with E-state index < -0.39 is 120 Å². The fourth-order valence-electron chi connectivity index (χ4n) is 5.98. The van der Waals surface area contributed by atoms with Crippen LogP contribution in [-0.4, -0.2) is 157 Å². The first-order valence-electron chi connectivity index (χ1n) is 20.5. The molecule has 1 aliphatic rings. The zero-order valence-corrected chi connectivity index (χ0v) is 38.8. The lowest BCUT2D eigenvalue weighted by molar-refractivity contribution is -0.141. The first-order valence-corrected chi connectivity index (χ1v) is 24.3. The Bertz CT molecular complexity index is 1830. The van der Waals surface area contributed by atoms with Crippen LogP contribution in [0.3, 0.4) is 0 Å². The second kappa shape index (κ2) is 30.5. The maximum atomic E-state index is 13.9. The normalized spacial score (nSPS) is 22.6. The van der Waals surface area contributed by atoms with Crippen LogP contribution in [0.1, 0.15) is 51.0 Å². The maximum Gasteiger partial charge on any atom is 0.305 e. The molecule has 0 aromatic heterocycles. The Kier molecular flexibility index (Phi) is 26.1. The van der Waals surface area contributed by atoms with Gasteiger partial charge in [0, 0.05) is 18.7 Å². The second-order valence-corrected chi connectivity index (χ2v) is 18.3. The van der Waals surface area contributed by atoms with Crippen molar-refractivity contribution in [3.8, 4) is 0 Å². The van der Waals surface area contributed by atoms with Gasteiger partial charge in [0.2, 0.25) is 47.3 Å². The van der Waals surface area contributed by atoms with Gasteiger partial charge in [-0.3, -0.25) is 53.4 Å². The number of hydrogen-bond donors (Lipinski definition) is 13. The van der Waals surface area contributed by atoms with Gasteiger partial charge in [0.05, 0.1) is 25.3 Å². The van der Waals surface area contributed by atoms with Crippen molar-refractivity contribution in [2.24, 2.45) is 5.73 Å². The van der Waals surface area contributed by atoms with E-state index in [2.05, 4.69) is 53.2 Å². The quantitative estimate of drug-likeness (QED) is 0.0316. The van der Waals surface area contributed by atoms with Gasteiger partial charge in [-0.15, -0.1) is 11.8 Å². The van der Waals surface area contributed by atoms with E-state index in [1.807, 2.05) is 0 Å². The molecule has 360 valence electrons. The molecule has 1 unspecified atom stereocenters. The predicted octanol–water partition coefficient (Wildman–Crippen LogP) is -3.20. The summed E-state index contributed by atoms with van der Waals surface area (Å²) in [6.45, 7) is 0.375. The summed E-state index contributed by atoms with van der Waals surface area (Å²) in [5.74, 6) is -9.57. The molecule has 6 atom stereocenters. The van der Waals surface area contributed by atoms with Crippen LogP contribution in [0.15, 0.2) is 30.3 Å². The van der Waals surface area contributed by atoms with Crippen molar-refractivity contribution in [1.29, 1.82) is 5.41 Å². The SMILES string of the molecule is CNCCCC[C@@H]1NC(=O)CSC(C(C)=O)NC(=O)[C@H](Cc2ccccc2)NC(=O)CNC(=O)[C@H](CC(=O)O)NC(=O)CNC(=O)[C@H](CCCNC(=N)N)NC(=O)[C@H](CSSC)NC1=O. The number of carboxylic acids is 1. The molecule has 14 N–H and O–H groups in total. The third-order valence-electron chi connectivity index (χ3n) is 9.26. The van der Waals surface area contributed by atoms with E-state index in [1.165, 1.54) is 28.5 Å². The average Bonchev–Trinajstić information content (AvgIpc) is 3.25. The van der Waals surface area contributed by atoms with E-state index in [0.717, 1.165) is 11.8 Å². The number of nitrogens with two attached hydrogens (primary N) is 1. The molecule has 26 heteroatoms. The third-order valence-corrected chi connectivity index (χ3v) is 12.3. The number of carbonyl (C=O) groups is 10. The highest BCUT2D eigenvalue weighted by Crippen LogP contribution is 2.18. The summed E-state index contributed by atoms with van der Waals surface area (Å²) in [4.78, 5) is 132. The monoisotopic (exact) mass is 968 g/mol. The van der Waals surface area contributed by atoms with Crippen molar-refractivity contribution >= 4 is 98.3 Å². The summed E-state index contributed by atoms with van der Waals surface area (Å²) in [6, 6.07) is 1.78. The number of rotatable bonds is 17. The predicted molar refractivity (Wildman–Crippen MR) is 246 cm³/mol. The van der Waals surface area contributed by atoms with Crippen LogP contribution in [-0.2, 0) is 54.4 Å². The van der Waals surface area contributed by atoms with Gasteiger partial charge < -0.3 is 64.0 Å². The highest BCUT2D eigenvalue weighted by atomic mass is 33.1. The van der Waals surface area contributed by atoms with Crippen LogP contribution in [0.25, 0.3) is 0 Å². The lowest BCUT2D eigenvalue weighted by atomic mass is 10.1. The number of ketones is 1. The molecule has 1 saturated heterocycles. The number of thioether (sulfide) groups is 1. The van der Waals surface area contributed by atoms with Crippen LogP contribution in [0, 0.1) is 5.41 Å². The first-order chi connectivity index (χ1) is 30.9. The Morgan fingerprint density at radius 2 is 1.29 bits per heavy atom. The van der Waals surface area contributed by atoms with E-state index in [9.17, 15) is 53.1 Å². The molecular weight excluding hydrogens is 909 g/mol. The molecular formula is C39H60N12O11S3. The number of Topliss-reactive ketones (excluding diaryl/α,β-unsaturated/α-hetero) is 1. The van der Waals surface area contributed by atoms with Gasteiger partial charge in [-0.1, -0.05) is 51.9 Å². The third kappa shape index (κ3) is 22.7. The first kappa shape index (κ1) is 55.5. The molecule has 1 aliphatic heterocycles. The molecule has 0 bridgehead atoms. The number of carbonyl (C=O) groups excluding carboxylic acids is 9. The largest absolute Gasteiger partial charge is 0.481 e. The molecule has 8 amide bonds. The lowest BCUT2D eigenvalue weighted by Crippen LogP contribution is -2.58. The van der Waals surface area contributed by atoms with E-state index in [4.69, 9.17) is 11.1 Å². The van der Waals surface area contributed by atoms with Crippen LogP contribution in [0.4, 0.5) is 0 Å². The Morgan fingerprint density at radius 3 is 1.89 bits per heavy atom. The number of amides is 8. The Labute approximate surface area is 388 Å². The fourth-order valence-corrected chi connectivity index (χ4v) is 8.14. The van der Waals surface area contributed by atoms with Crippen molar-refractivity contribution < 1.29 is 53.1 Å². The second-order valence-electron chi connectivity index (χ2n) is 14.5. The van der Waals surface area contributed by atoms with Crippen LogP contribution < -0.4 is 58.9 Å². The van der Waals surface area contributed by atoms with Crippen LogP contribution >= 0.6 is 33.3 Å². The number of hydrogen-bond acceptors (Lipinski definition) is 15. The highest BCUT2D eigenvalue weighted by molar-refractivity contribution is 8.76. The summed E-state index contributed by atoms with van der Waals surface area (Å²) >= 11 is 0.757. The minimum absolute atomic E-state index is 0.0242. The molecule has 65 heavy (non-hydrogen) atoms. The number of nitrogens with one attached hydrogen (secondary N) is 11. The van der Waals surface area contributed by atoms with E-state index in [-0.39, 0.29) is 43.9 Å². The molecule has 2 rings (SSSR count). The van der Waals surface area contributed by atoms with Gasteiger partial charge in [0.25, 0.3) is 0 Å². The molecule has 23 nitrogen and oxygen atoms in total. The fraction of sp³-hybridized carbons (Fsp3) is 0.564. The van der Waals surface area contributed by atoms with E-state index in [0.29, 0.717) is 24.9 Å². The Hall–Kier alpha value is -5.60. The number of unbranched alkanes of at least 4 members (excludes halogenated alkanes) is 1. The summed E-state index contributed by atoms with van der Waals surface area (Å²) in [6.07, 6.45) is 2.18. The van der Waals surface area contributed by atoms with Crippen molar-refractivity contribution in [3.05, 3.63) is 35.9 Å². The topological polar surface area (TPSA) is 361 Å². The van der Waals surface area contributed by atoms with Crippen molar-refractivity contribution in [3.63, 3.8) is 0 Å². The van der Waals surface area contributed by atoms with Crippen LogP contribution in [0.2, 0.25) is 0 Å². The smallest absolute Gasteiger partial charge is 0.305 e. The number of aliphatic carboxylic acids is 1. The highest BCUT2D eigenvalue weighted by Gasteiger charge is 2.32. The molecule has 1 aromatic carbocycles. The van der Waals surface area contributed by atoms with Crippen molar-refractivity contribution in [2.45, 2.75) is 87.5 Å². The Balaban J connectivity index is 2.55.